The van der Waals surface area contributed by atoms with E-state index in [9.17, 15) is 0 Å². The number of rotatable bonds is 6. The Morgan fingerprint density at radius 2 is 1.77 bits per heavy atom. The van der Waals surface area contributed by atoms with Gasteiger partial charge in [-0.15, -0.1) is 0 Å². The second-order valence-corrected chi connectivity index (χ2v) is 7.46. The molecule has 2 aromatic carbocycles. The first-order chi connectivity index (χ1) is 12.5. The van der Waals surface area contributed by atoms with Crippen molar-refractivity contribution in [3.05, 3.63) is 65.9 Å². The van der Waals surface area contributed by atoms with E-state index in [2.05, 4.69) is 81.0 Å². The Morgan fingerprint density at radius 1 is 1.08 bits per heavy atom. The summed E-state index contributed by atoms with van der Waals surface area (Å²) in [5, 5.41) is 10.1. The highest BCUT2D eigenvalue weighted by atomic mass is 15.5. The van der Waals surface area contributed by atoms with E-state index in [4.69, 9.17) is 0 Å². The summed E-state index contributed by atoms with van der Waals surface area (Å²) in [6, 6.07) is 13.5. The third-order valence-electron chi connectivity index (χ3n) is 5.76. The molecule has 0 spiro atoms. The molecule has 3 rings (SSSR count). The first-order valence-electron chi connectivity index (χ1n) is 9.49. The van der Waals surface area contributed by atoms with Gasteiger partial charge in [0.25, 0.3) is 0 Å². The first kappa shape index (κ1) is 18.4. The fourth-order valence-electron chi connectivity index (χ4n) is 4.29. The molecule has 0 heterocycles. The molecule has 0 radical (unpaired) electrons. The van der Waals surface area contributed by atoms with Gasteiger partial charge >= 0.3 is 0 Å². The molecule has 0 aliphatic heterocycles. The standard InChI is InChI=1S/C23H29N3/c1-7-16(8-2)18-14-19-17-12-10-11-13-20(17)23(4,5)21(19)15-22(18)26(9-3)25-24-6/h9-16H,3,7-8H2,1-2,4-6H3/b25-24-. The number of benzene rings is 2. The van der Waals surface area contributed by atoms with E-state index in [0.29, 0.717) is 5.92 Å². The van der Waals surface area contributed by atoms with Crippen molar-refractivity contribution in [3.63, 3.8) is 0 Å². The second kappa shape index (κ2) is 7.06. The molecule has 0 fully saturated rings. The largest absolute Gasteiger partial charge is 0.223 e. The van der Waals surface area contributed by atoms with E-state index in [-0.39, 0.29) is 5.41 Å². The van der Waals surface area contributed by atoms with E-state index in [1.807, 2.05) is 5.01 Å². The number of nitrogens with zero attached hydrogens (tertiary/aromatic N) is 3. The van der Waals surface area contributed by atoms with Gasteiger partial charge in [0.05, 0.1) is 12.7 Å². The minimum Gasteiger partial charge on any atom is -0.223 e. The van der Waals surface area contributed by atoms with Crippen molar-refractivity contribution >= 4 is 5.69 Å². The summed E-state index contributed by atoms with van der Waals surface area (Å²) in [5.74, 6) is 0.487. The van der Waals surface area contributed by atoms with Gasteiger partial charge in [-0.25, -0.2) is 5.01 Å². The van der Waals surface area contributed by atoms with Crippen LogP contribution in [0.3, 0.4) is 0 Å². The van der Waals surface area contributed by atoms with Crippen LogP contribution >= 0.6 is 0 Å². The zero-order valence-electron chi connectivity index (χ0n) is 16.6. The number of fused-ring (bicyclic) bond motifs is 3. The lowest BCUT2D eigenvalue weighted by molar-refractivity contribution is 0.636. The van der Waals surface area contributed by atoms with Crippen LogP contribution in [-0.2, 0) is 5.41 Å². The van der Waals surface area contributed by atoms with Crippen LogP contribution in [0, 0.1) is 0 Å². The number of anilines is 1. The third-order valence-corrected chi connectivity index (χ3v) is 5.76. The van der Waals surface area contributed by atoms with Gasteiger partial charge in [0, 0.05) is 11.6 Å². The average molecular weight is 348 g/mol. The number of hydrogen-bond donors (Lipinski definition) is 0. The molecule has 0 atom stereocenters. The van der Waals surface area contributed by atoms with Gasteiger partial charge in [0.1, 0.15) is 0 Å². The zero-order chi connectivity index (χ0) is 18.9. The quantitative estimate of drug-likeness (QED) is 0.415. The molecule has 0 amide bonds. The SMILES string of the molecule is C=CN(/N=N\C)c1cc2c(cc1C(CC)CC)-c1ccccc1C2(C)C. The maximum absolute atomic E-state index is 4.29. The summed E-state index contributed by atoms with van der Waals surface area (Å²) < 4.78 is 0. The molecule has 3 heteroatoms. The van der Waals surface area contributed by atoms with Crippen molar-refractivity contribution in [2.24, 2.45) is 10.3 Å². The molecular formula is C23H29N3. The molecule has 2 aromatic rings. The molecule has 0 unspecified atom stereocenters. The third kappa shape index (κ3) is 2.76. The molecule has 0 saturated heterocycles. The van der Waals surface area contributed by atoms with Gasteiger partial charge in [-0.1, -0.05) is 63.8 Å². The van der Waals surface area contributed by atoms with Gasteiger partial charge in [0.15, 0.2) is 0 Å². The number of hydrogen-bond acceptors (Lipinski definition) is 2. The molecule has 1 aliphatic rings. The van der Waals surface area contributed by atoms with E-state index in [1.165, 1.54) is 27.8 Å². The predicted octanol–water partition coefficient (Wildman–Crippen LogP) is 6.84. The van der Waals surface area contributed by atoms with Gasteiger partial charge < -0.3 is 0 Å². The summed E-state index contributed by atoms with van der Waals surface area (Å²) in [7, 11) is 1.69. The van der Waals surface area contributed by atoms with Crippen LogP contribution in [-0.4, -0.2) is 7.05 Å². The average Bonchev–Trinajstić information content (AvgIpc) is 2.88. The topological polar surface area (TPSA) is 28.0 Å². The van der Waals surface area contributed by atoms with Crippen molar-refractivity contribution < 1.29 is 0 Å². The second-order valence-electron chi connectivity index (χ2n) is 7.46. The Balaban J connectivity index is 2.31. The van der Waals surface area contributed by atoms with E-state index >= 15 is 0 Å². The molecule has 0 bridgehead atoms. The van der Waals surface area contributed by atoms with Crippen molar-refractivity contribution in [1.29, 1.82) is 0 Å². The highest BCUT2D eigenvalue weighted by Gasteiger charge is 2.36. The normalized spacial score (nSPS) is 14.5. The molecule has 0 saturated carbocycles. The summed E-state index contributed by atoms with van der Waals surface area (Å²) in [6.45, 7) is 13.1. The highest BCUT2D eigenvalue weighted by Crippen LogP contribution is 2.51. The van der Waals surface area contributed by atoms with Crippen LogP contribution in [0.25, 0.3) is 11.1 Å². The van der Waals surface area contributed by atoms with Gasteiger partial charge in [0.2, 0.25) is 0 Å². The van der Waals surface area contributed by atoms with Crippen LogP contribution in [0.2, 0.25) is 0 Å². The van der Waals surface area contributed by atoms with Crippen LogP contribution in [0.1, 0.15) is 63.1 Å². The molecule has 136 valence electrons. The Labute approximate surface area is 157 Å². The lowest BCUT2D eigenvalue weighted by Crippen LogP contribution is -2.17. The highest BCUT2D eigenvalue weighted by molar-refractivity contribution is 5.84. The van der Waals surface area contributed by atoms with E-state index < -0.39 is 0 Å². The molecular weight excluding hydrogens is 318 g/mol. The van der Waals surface area contributed by atoms with Crippen molar-refractivity contribution in [2.45, 2.75) is 51.9 Å². The minimum atomic E-state index is -0.0245. The lowest BCUT2D eigenvalue weighted by Gasteiger charge is -2.26. The predicted molar refractivity (Wildman–Crippen MR) is 111 cm³/mol. The Hall–Kier alpha value is -2.42. The first-order valence-corrected chi connectivity index (χ1v) is 9.49. The fourth-order valence-corrected chi connectivity index (χ4v) is 4.29. The monoisotopic (exact) mass is 347 g/mol. The summed E-state index contributed by atoms with van der Waals surface area (Å²) in [6.07, 6.45) is 3.94. The van der Waals surface area contributed by atoms with Crippen LogP contribution in [0.4, 0.5) is 5.69 Å². The Morgan fingerprint density at radius 3 is 2.38 bits per heavy atom. The smallest absolute Gasteiger partial charge is 0.0700 e. The zero-order valence-corrected chi connectivity index (χ0v) is 16.6. The molecule has 3 nitrogen and oxygen atoms in total. The fraction of sp³-hybridized carbons (Fsp3) is 0.391. The maximum atomic E-state index is 4.29. The van der Waals surface area contributed by atoms with Crippen LogP contribution < -0.4 is 5.01 Å². The van der Waals surface area contributed by atoms with Gasteiger partial charge in [-0.3, -0.25) is 0 Å². The van der Waals surface area contributed by atoms with Gasteiger partial charge in [-0.05, 0) is 58.7 Å². The van der Waals surface area contributed by atoms with Crippen molar-refractivity contribution in [1.82, 2.24) is 0 Å². The molecule has 26 heavy (non-hydrogen) atoms. The maximum Gasteiger partial charge on any atom is 0.0700 e. The molecule has 0 N–H and O–H groups in total. The Kier molecular flexibility index (Phi) is 4.99. The van der Waals surface area contributed by atoms with E-state index in [1.54, 1.807) is 13.2 Å². The summed E-state index contributed by atoms with van der Waals surface area (Å²) in [5.41, 5.74) is 7.85. The Bertz CT molecular complexity index is 845. The summed E-state index contributed by atoms with van der Waals surface area (Å²) >= 11 is 0. The van der Waals surface area contributed by atoms with E-state index in [0.717, 1.165) is 18.5 Å². The molecule has 0 aromatic heterocycles. The minimum absolute atomic E-state index is 0.0245. The van der Waals surface area contributed by atoms with Crippen LogP contribution in [0.15, 0.2) is 59.5 Å². The van der Waals surface area contributed by atoms with Gasteiger partial charge in [-0.2, -0.15) is 5.11 Å². The lowest BCUT2D eigenvalue weighted by atomic mass is 9.81. The van der Waals surface area contributed by atoms with Crippen LogP contribution in [0.5, 0.6) is 0 Å². The molecule has 1 aliphatic carbocycles. The van der Waals surface area contributed by atoms with Crippen molar-refractivity contribution in [3.8, 4) is 11.1 Å². The summed E-state index contributed by atoms with van der Waals surface area (Å²) in [4.78, 5) is 0. The van der Waals surface area contributed by atoms with Crippen molar-refractivity contribution in [2.75, 3.05) is 12.1 Å².